The number of nitrogen functional groups attached to an aromatic ring is 1. The molecule has 27 heavy (non-hydrogen) atoms. The Balaban J connectivity index is 0.00000210. The molecule has 0 aliphatic heterocycles. The van der Waals surface area contributed by atoms with Gasteiger partial charge in [-0.05, 0) is 48.9 Å². The summed E-state index contributed by atoms with van der Waals surface area (Å²) in [5, 5.41) is 3.63. The molecule has 2 N–H and O–H groups in total. The number of fused-ring (bicyclic) bond motifs is 3. The van der Waals surface area contributed by atoms with Gasteiger partial charge in [0.1, 0.15) is 12.8 Å². The number of nitrogens with two attached hydrogens (primary N) is 1. The van der Waals surface area contributed by atoms with Crippen LogP contribution in [0.4, 0.5) is 5.69 Å². The molecule has 138 valence electrons. The summed E-state index contributed by atoms with van der Waals surface area (Å²) in [6, 6.07) is 22.9. The van der Waals surface area contributed by atoms with Crippen LogP contribution in [-0.2, 0) is 7.05 Å². The quantitative estimate of drug-likeness (QED) is 0.334. The number of aryl methyl sites for hydroxylation is 1. The molecule has 0 aliphatic rings. The molecule has 0 unspecified atom stereocenters. The van der Waals surface area contributed by atoms with Crippen molar-refractivity contribution in [3.63, 3.8) is 0 Å². The lowest BCUT2D eigenvalue weighted by Gasteiger charge is -2.12. The Morgan fingerprint density at radius 2 is 1.70 bits per heavy atom. The highest BCUT2D eigenvalue weighted by atomic mass is 35.5. The number of nitrogens with zero attached hydrogens (tertiary/aromatic N) is 1. The zero-order chi connectivity index (χ0) is 18.1. The molecule has 4 aromatic rings. The Kier molecular flexibility index (Phi) is 5.52. The molecule has 4 heteroatoms. The van der Waals surface area contributed by atoms with Crippen molar-refractivity contribution in [2.45, 2.75) is 13.3 Å². The van der Waals surface area contributed by atoms with E-state index in [1.807, 2.05) is 18.2 Å². The van der Waals surface area contributed by atoms with Gasteiger partial charge in [0.05, 0.1) is 17.4 Å². The molecule has 3 aromatic carbocycles. The van der Waals surface area contributed by atoms with Gasteiger partial charge in [-0.1, -0.05) is 25.1 Å². The van der Waals surface area contributed by atoms with Crippen LogP contribution in [0.15, 0.2) is 66.7 Å². The number of halogens is 1. The molecule has 4 rings (SSSR count). The minimum atomic E-state index is 0. The summed E-state index contributed by atoms with van der Waals surface area (Å²) in [6.07, 6.45) is 0.992. The minimum absolute atomic E-state index is 0. The number of pyridine rings is 1. The van der Waals surface area contributed by atoms with Crippen molar-refractivity contribution in [1.29, 1.82) is 0 Å². The van der Waals surface area contributed by atoms with Crippen LogP contribution < -0.4 is 27.4 Å². The predicted molar refractivity (Wildman–Crippen MR) is 108 cm³/mol. The molecule has 0 bridgehead atoms. The molecule has 0 saturated heterocycles. The van der Waals surface area contributed by atoms with Gasteiger partial charge in [0.15, 0.2) is 0 Å². The standard InChI is InChI=1S/C23H23N2O.ClH/c1-3-13-26-18-11-12-19-20-9-4-5-10-22(20)25(2)23(21(19)15-18)16-7-6-8-17(24)14-16;/h4-12,14-15H,3,13,24H2,1-2H3;1H/q+1;/p-1. The molecule has 3 nitrogen and oxygen atoms in total. The third-order valence-corrected chi connectivity index (χ3v) is 4.77. The Labute approximate surface area is 165 Å². The van der Waals surface area contributed by atoms with Gasteiger partial charge in [-0.2, -0.15) is 4.57 Å². The summed E-state index contributed by atoms with van der Waals surface area (Å²) in [6.45, 7) is 2.84. The van der Waals surface area contributed by atoms with Crippen molar-refractivity contribution in [3.8, 4) is 17.0 Å². The maximum absolute atomic E-state index is 6.06. The fourth-order valence-corrected chi connectivity index (χ4v) is 3.59. The zero-order valence-electron chi connectivity index (χ0n) is 15.6. The number of hydrogen-bond donors (Lipinski definition) is 1. The van der Waals surface area contributed by atoms with Crippen molar-refractivity contribution in [2.24, 2.45) is 7.05 Å². The maximum Gasteiger partial charge on any atom is 0.220 e. The lowest BCUT2D eigenvalue weighted by Crippen LogP contribution is -3.00. The summed E-state index contributed by atoms with van der Waals surface area (Å²) in [7, 11) is 2.11. The molecule has 0 amide bonds. The molecule has 1 heterocycles. The number of benzene rings is 3. The maximum atomic E-state index is 6.06. The highest BCUT2D eigenvalue weighted by Crippen LogP contribution is 2.33. The van der Waals surface area contributed by atoms with Gasteiger partial charge in [0.2, 0.25) is 11.2 Å². The van der Waals surface area contributed by atoms with Gasteiger partial charge >= 0.3 is 0 Å². The zero-order valence-corrected chi connectivity index (χ0v) is 16.3. The van der Waals surface area contributed by atoms with E-state index in [9.17, 15) is 0 Å². The normalized spacial score (nSPS) is 10.7. The number of aromatic nitrogens is 1. The lowest BCUT2D eigenvalue weighted by molar-refractivity contribution is -0.632. The number of ether oxygens (including phenoxy) is 1. The summed E-state index contributed by atoms with van der Waals surface area (Å²) in [5.41, 5.74) is 10.3. The van der Waals surface area contributed by atoms with Gasteiger partial charge in [0, 0.05) is 22.7 Å². The average Bonchev–Trinajstić information content (AvgIpc) is 2.66. The number of para-hydroxylation sites is 1. The molecule has 0 spiro atoms. The van der Waals surface area contributed by atoms with Crippen molar-refractivity contribution in [2.75, 3.05) is 12.3 Å². The van der Waals surface area contributed by atoms with Gasteiger partial charge in [-0.15, -0.1) is 0 Å². The number of rotatable bonds is 4. The first kappa shape index (κ1) is 19.0. The number of anilines is 1. The van der Waals surface area contributed by atoms with E-state index in [-0.39, 0.29) is 12.4 Å². The van der Waals surface area contributed by atoms with Gasteiger partial charge < -0.3 is 22.9 Å². The monoisotopic (exact) mass is 378 g/mol. The van der Waals surface area contributed by atoms with E-state index >= 15 is 0 Å². The van der Waals surface area contributed by atoms with Crippen LogP contribution in [-0.4, -0.2) is 6.61 Å². The summed E-state index contributed by atoms with van der Waals surface area (Å²) >= 11 is 0. The molecule has 1 aromatic heterocycles. The Morgan fingerprint density at radius 1 is 0.889 bits per heavy atom. The van der Waals surface area contributed by atoms with E-state index in [0.29, 0.717) is 0 Å². The van der Waals surface area contributed by atoms with Crippen LogP contribution in [0.2, 0.25) is 0 Å². The average molecular weight is 379 g/mol. The topological polar surface area (TPSA) is 39.1 Å². The molecule has 0 atom stereocenters. The first-order valence-corrected chi connectivity index (χ1v) is 9.02. The van der Waals surface area contributed by atoms with E-state index in [4.69, 9.17) is 10.5 Å². The molecule has 0 aliphatic carbocycles. The van der Waals surface area contributed by atoms with E-state index < -0.39 is 0 Å². The van der Waals surface area contributed by atoms with Crippen LogP contribution in [0.3, 0.4) is 0 Å². The van der Waals surface area contributed by atoms with Gasteiger partial charge in [-0.3, -0.25) is 0 Å². The van der Waals surface area contributed by atoms with Crippen molar-refractivity contribution >= 4 is 27.4 Å². The Hall–Kier alpha value is -2.78. The largest absolute Gasteiger partial charge is 1.00 e. The summed E-state index contributed by atoms with van der Waals surface area (Å²) in [5.74, 6) is 0.903. The molecule has 0 fully saturated rings. The van der Waals surface area contributed by atoms with E-state index in [2.05, 4.69) is 67.1 Å². The van der Waals surface area contributed by atoms with Crippen LogP contribution in [0.25, 0.3) is 32.9 Å². The third kappa shape index (κ3) is 3.43. The first-order valence-electron chi connectivity index (χ1n) is 9.02. The predicted octanol–water partition coefficient (Wildman–Crippen LogP) is 1.86. The van der Waals surface area contributed by atoms with Gasteiger partial charge in [0.25, 0.3) is 0 Å². The lowest BCUT2D eigenvalue weighted by atomic mass is 9.98. The fourth-order valence-electron chi connectivity index (χ4n) is 3.59. The second kappa shape index (κ2) is 7.85. The van der Waals surface area contributed by atoms with Crippen LogP contribution >= 0.6 is 0 Å². The Morgan fingerprint density at radius 3 is 2.48 bits per heavy atom. The summed E-state index contributed by atoms with van der Waals surface area (Å²) < 4.78 is 8.14. The van der Waals surface area contributed by atoms with Gasteiger partial charge in [-0.25, -0.2) is 0 Å². The molecular weight excluding hydrogens is 356 g/mol. The van der Waals surface area contributed by atoms with E-state index in [1.54, 1.807) is 0 Å². The highest BCUT2D eigenvalue weighted by molar-refractivity contribution is 6.09. The number of hydrogen-bond acceptors (Lipinski definition) is 2. The fraction of sp³-hybridized carbons (Fsp3) is 0.174. The van der Waals surface area contributed by atoms with Crippen molar-refractivity contribution in [1.82, 2.24) is 0 Å². The molecular formula is C23H23ClN2O. The van der Waals surface area contributed by atoms with Crippen molar-refractivity contribution in [3.05, 3.63) is 66.7 Å². The first-order chi connectivity index (χ1) is 12.7. The van der Waals surface area contributed by atoms with Crippen LogP contribution in [0.1, 0.15) is 13.3 Å². The van der Waals surface area contributed by atoms with E-state index in [0.717, 1.165) is 35.7 Å². The second-order valence-corrected chi connectivity index (χ2v) is 6.61. The van der Waals surface area contributed by atoms with Crippen LogP contribution in [0.5, 0.6) is 5.75 Å². The molecule has 0 radical (unpaired) electrons. The minimum Gasteiger partial charge on any atom is -1.00 e. The van der Waals surface area contributed by atoms with Crippen molar-refractivity contribution < 1.29 is 21.7 Å². The molecule has 0 saturated carbocycles. The van der Waals surface area contributed by atoms with E-state index in [1.165, 1.54) is 21.7 Å². The SMILES string of the molecule is CCCOc1ccc2c(c1)c(-c1cccc(N)c1)[n+](C)c1ccccc21.[Cl-]. The highest BCUT2D eigenvalue weighted by Gasteiger charge is 2.21. The summed E-state index contributed by atoms with van der Waals surface area (Å²) in [4.78, 5) is 0. The Bertz CT molecular complexity index is 1110. The second-order valence-electron chi connectivity index (χ2n) is 6.61. The third-order valence-electron chi connectivity index (χ3n) is 4.77. The van der Waals surface area contributed by atoms with Crippen LogP contribution in [0, 0.1) is 0 Å². The smallest absolute Gasteiger partial charge is 0.220 e.